The molecular formula is C16H9ClN2O2. The Morgan fingerprint density at radius 3 is 2.81 bits per heavy atom. The summed E-state index contributed by atoms with van der Waals surface area (Å²) in [7, 11) is 0. The van der Waals surface area contributed by atoms with Crippen LogP contribution >= 0.6 is 11.6 Å². The molecule has 2 heterocycles. The number of aromatic amines is 1. The number of H-pyrrole nitrogens is 1. The largest absolute Gasteiger partial charge is 0.422 e. The van der Waals surface area contributed by atoms with Crippen molar-refractivity contribution >= 4 is 33.6 Å². The first kappa shape index (κ1) is 12.2. The molecule has 0 aliphatic carbocycles. The minimum absolute atomic E-state index is 0.390. The summed E-state index contributed by atoms with van der Waals surface area (Å²) in [5.74, 6) is 0.492. The van der Waals surface area contributed by atoms with E-state index in [1.165, 1.54) is 0 Å². The molecule has 4 aromatic rings. The van der Waals surface area contributed by atoms with E-state index in [-0.39, 0.29) is 0 Å². The summed E-state index contributed by atoms with van der Waals surface area (Å²) in [6, 6.07) is 14.5. The quantitative estimate of drug-likeness (QED) is 0.540. The van der Waals surface area contributed by atoms with Gasteiger partial charge in [0.05, 0.1) is 11.0 Å². The average Bonchev–Trinajstić information content (AvgIpc) is 2.90. The zero-order valence-electron chi connectivity index (χ0n) is 10.8. The first-order chi connectivity index (χ1) is 10.2. The molecule has 0 saturated carbocycles. The van der Waals surface area contributed by atoms with E-state index in [4.69, 9.17) is 16.0 Å². The summed E-state index contributed by atoms with van der Waals surface area (Å²) in [4.78, 5) is 19.7. The second-order valence-electron chi connectivity index (χ2n) is 4.73. The van der Waals surface area contributed by atoms with Gasteiger partial charge in [-0.3, -0.25) is 0 Å². The number of imidazole rings is 1. The summed E-state index contributed by atoms with van der Waals surface area (Å²) in [5.41, 5.74) is 2.14. The maximum absolute atomic E-state index is 12.1. The van der Waals surface area contributed by atoms with Crippen LogP contribution in [0.2, 0.25) is 5.02 Å². The summed E-state index contributed by atoms with van der Waals surface area (Å²) >= 11 is 5.98. The molecule has 21 heavy (non-hydrogen) atoms. The molecule has 0 bridgehead atoms. The lowest BCUT2D eigenvalue weighted by Gasteiger charge is -2.00. The molecule has 4 rings (SSSR count). The Morgan fingerprint density at radius 2 is 1.95 bits per heavy atom. The van der Waals surface area contributed by atoms with Gasteiger partial charge in [0.25, 0.3) is 0 Å². The first-order valence-electron chi connectivity index (χ1n) is 6.39. The van der Waals surface area contributed by atoms with Crippen LogP contribution in [-0.2, 0) is 0 Å². The van der Waals surface area contributed by atoms with Gasteiger partial charge in [-0.25, -0.2) is 9.78 Å². The molecule has 2 aromatic heterocycles. The zero-order chi connectivity index (χ0) is 14.4. The highest BCUT2D eigenvalue weighted by Crippen LogP contribution is 2.23. The topological polar surface area (TPSA) is 58.9 Å². The van der Waals surface area contributed by atoms with E-state index in [9.17, 15) is 4.79 Å². The fourth-order valence-corrected chi connectivity index (χ4v) is 2.52. The molecule has 0 saturated heterocycles. The Bertz CT molecular complexity index is 1000. The Balaban J connectivity index is 2.00. The van der Waals surface area contributed by atoms with Crippen molar-refractivity contribution in [3.8, 4) is 11.4 Å². The van der Waals surface area contributed by atoms with Crippen LogP contribution in [0.5, 0.6) is 0 Å². The highest BCUT2D eigenvalue weighted by Gasteiger charge is 2.12. The lowest BCUT2D eigenvalue weighted by Crippen LogP contribution is -2.03. The summed E-state index contributed by atoms with van der Waals surface area (Å²) in [5, 5.41) is 1.35. The third-order valence-corrected chi connectivity index (χ3v) is 3.57. The van der Waals surface area contributed by atoms with Crippen molar-refractivity contribution in [1.29, 1.82) is 0 Å². The van der Waals surface area contributed by atoms with Gasteiger partial charge >= 0.3 is 5.63 Å². The molecule has 0 spiro atoms. The molecule has 0 aliphatic rings. The molecule has 0 aliphatic heterocycles. The number of benzene rings is 2. The van der Waals surface area contributed by atoms with Crippen LogP contribution in [0.25, 0.3) is 33.4 Å². The lowest BCUT2D eigenvalue weighted by atomic mass is 10.2. The number of aromatic nitrogens is 2. The minimum atomic E-state index is -0.427. The fraction of sp³-hybridized carbons (Fsp3) is 0. The van der Waals surface area contributed by atoms with Crippen molar-refractivity contribution in [3.63, 3.8) is 0 Å². The van der Waals surface area contributed by atoms with E-state index in [2.05, 4.69) is 9.97 Å². The molecular weight excluding hydrogens is 288 g/mol. The predicted molar refractivity (Wildman–Crippen MR) is 82.6 cm³/mol. The van der Waals surface area contributed by atoms with E-state index in [1.807, 2.05) is 24.3 Å². The Labute approximate surface area is 124 Å². The van der Waals surface area contributed by atoms with Gasteiger partial charge in [0.15, 0.2) is 0 Å². The SMILES string of the molecule is O=c1oc2ccc(Cl)cc2cc1-c1nc2ccccc2[nH]1. The number of para-hydroxylation sites is 2. The van der Waals surface area contributed by atoms with Crippen molar-refractivity contribution in [2.24, 2.45) is 0 Å². The molecule has 102 valence electrons. The van der Waals surface area contributed by atoms with Crippen molar-refractivity contribution < 1.29 is 4.42 Å². The standard InChI is InChI=1S/C16H9ClN2O2/c17-10-5-6-14-9(7-10)8-11(16(20)21-14)15-18-12-3-1-2-4-13(12)19-15/h1-8H,(H,18,19). The third kappa shape index (κ3) is 2.00. The molecule has 0 radical (unpaired) electrons. The molecule has 0 fully saturated rings. The molecule has 0 unspecified atom stereocenters. The Hall–Kier alpha value is -2.59. The highest BCUT2D eigenvalue weighted by atomic mass is 35.5. The normalized spacial score (nSPS) is 11.3. The van der Waals surface area contributed by atoms with E-state index in [0.29, 0.717) is 22.0 Å². The fourth-order valence-electron chi connectivity index (χ4n) is 2.34. The van der Waals surface area contributed by atoms with Crippen molar-refractivity contribution in [3.05, 3.63) is 64.0 Å². The van der Waals surface area contributed by atoms with Gasteiger partial charge in [-0.2, -0.15) is 0 Å². The lowest BCUT2D eigenvalue weighted by molar-refractivity contribution is 0.563. The number of nitrogens with zero attached hydrogens (tertiary/aromatic N) is 1. The van der Waals surface area contributed by atoms with Crippen molar-refractivity contribution in [2.45, 2.75) is 0 Å². The number of hydrogen-bond donors (Lipinski definition) is 1. The molecule has 1 N–H and O–H groups in total. The summed E-state index contributed by atoms with van der Waals surface area (Å²) in [6.45, 7) is 0. The molecule has 0 amide bonds. The summed E-state index contributed by atoms with van der Waals surface area (Å²) < 4.78 is 5.32. The van der Waals surface area contributed by atoms with Gasteiger partial charge in [-0.15, -0.1) is 0 Å². The van der Waals surface area contributed by atoms with Crippen LogP contribution in [0, 0.1) is 0 Å². The van der Waals surface area contributed by atoms with Crippen LogP contribution in [-0.4, -0.2) is 9.97 Å². The number of hydrogen-bond acceptors (Lipinski definition) is 3. The maximum Gasteiger partial charge on any atom is 0.347 e. The first-order valence-corrected chi connectivity index (χ1v) is 6.77. The Morgan fingerprint density at radius 1 is 1.10 bits per heavy atom. The maximum atomic E-state index is 12.1. The van der Waals surface area contributed by atoms with Gasteiger partial charge in [0.2, 0.25) is 0 Å². The second kappa shape index (κ2) is 4.46. The smallest absolute Gasteiger partial charge is 0.347 e. The second-order valence-corrected chi connectivity index (χ2v) is 5.17. The van der Waals surface area contributed by atoms with Gasteiger partial charge in [-0.1, -0.05) is 23.7 Å². The van der Waals surface area contributed by atoms with Crippen LogP contribution < -0.4 is 5.63 Å². The van der Waals surface area contributed by atoms with Gasteiger partial charge in [0.1, 0.15) is 17.0 Å². The molecule has 4 nitrogen and oxygen atoms in total. The molecule has 0 atom stereocenters. The van der Waals surface area contributed by atoms with E-state index < -0.39 is 5.63 Å². The number of halogens is 1. The van der Waals surface area contributed by atoms with E-state index >= 15 is 0 Å². The van der Waals surface area contributed by atoms with Crippen molar-refractivity contribution in [1.82, 2.24) is 9.97 Å². The monoisotopic (exact) mass is 296 g/mol. The predicted octanol–water partition coefficient (Wildman–Crippen LogP) is 3.99. The van der Waals surface area contributed by atoms with Crippen LogP contribution in [0.1, 0.15) is 0 Å². The molecule has 2 aromatic carbocycles. The Kier molecular flexibility index (Phi) is 2.59. The van der Waals surface area contributed by atoms with Crippen molar-refractivity contribution in [2.75, 3.05) is 0 Å². The van der Waals surface area contributed by atoms with Crippen LogP contribution in [0.4, 0.5) is 0 Å². The third-order valence-electron chi connectivity index (χ3n) is 3.34. The number of nitrogens with one attached hydrogen (secondary N) is 1. The van der Waals surface area contributed by atoms with Crippen LogP contribution in [0.15, 0.2) is 57.7 Å². The van der Waals surface area contributed by atoms with Gasteiger partial charge < -0.3 is 9.40 Å². The van der Waals surface area contributed by atoms with Gasteiger partial charge in [0, 0.05) is 10.4 Å². The highest BCUT2D eigenvalue weighted by molar-refractivity contribution is 6.31. The number of rotatable bonds is 1. The van der Waals surface area contributed by atoms with Gasteiger partial charge in [-0.05, 0) is 36.4 Å². The summed E-state index contributed by atoms with van der Waals surface area (Å²) in [6.07, 6.45) is 0. The van der Waals surface area contributed by atoms with E-state index in [1.54, 1.807) is 24.3 Å². The minimum Gasteiger partial charge on any atom is -0.422 e. The zero-order valence-corrected chi connectivity index (χ0v) is 11.5. The molecule has 5 heteroatoms. The average molecular weight is 297 g/mol. The van der Waals surface area contributed by atoms with E-state index in [0.717, 1.165) is 16.4 Å². The van der Waals surface area contributed by atoms with Crippen LogP contribution in [0.3, 0.4) is 0 Å². The number of fused-ring (bicyclic) bond motifs is 2.